The summed E-state index contributed by atoms with van der Waals surface area (Å²) in [5, 5.41) is 0. The number of nitrogens with two attached hydrogens (primary N) is 1. The van der Waals surface area contributed by atoms with Crippen molar-refractivity contribution in [2.45, 2.75) is 63.4 Å². The Bertz CT molecular complexity index is 990. The minimum Gasteiger partial charge on any atom is -0.463 e. The first-order valence-corrected chi connectivity index (χ1v) is 11.5. The molecule has 2 aliphatic heterocycles. The second-order valence-electron chi connectivity index (χ2n) is 8.08. The highest BCUT2D eigenvalue weighted by molar-refractivity contribution is 7.48. The van der Waals surface area contributed by atoms with E-state index < -0.39 is 55.1 Å². The number of nitrogens with one attached hydrogen (secondary N) is 1. The summed E-state index contributed by atoms with van der Waals surface area (Å²) >= 11 is 0. The maximum absolute atomic E-state index is 13.0. The highest BCUT2D eigenvalue weighted by atomic mass is 31.2. The summed E-state index contributed by atoms with van der Waals surface area (Å²) < 4.78 is 46.5. The van der Waals surface area contributed by atoms with Gasteiger partial charge in [-0.3, -0.25) is 32.7 Å². The van der Waals surface area contributed by atoms with Crippen molar-refractivity contribution in [3.63, 3.8) is 0 Å². The molecule has 0 amide bonds. The third kappa shape index (κ3) is 5.37. The van der Waals surface area contributed by atoms with Crippen LogP contribution in [0.2, 0.25) is 0 Å². The van der Waals surface area contributed by atoms with Crippen LogP contribution in [0.25, 0.3) is 0 Å². The summed E-state index contributed by atoms with van der Waals surface area (Å²) in [7, 11) is -2.70. The first-order valence-electron chi connectivity index (χ1n) is 10.0. The van der Waals surface area contributed by atoms with Crippen LogP contribution in [-0.4, -0.2) is 65.8 Å². The molecular weight excluding hydrogens is 449 g/mol. The van der Waals surface area contributed by atoms with E-state index in [-0.39, 0.29) is 25.7 Å². The van der Waals surface area contributed by atoms with Crippen LogP contribution in [0.15, 0.2) is 21.9 Å². The van der Waals surface area contributed by atoms with E-state index in [0.717, 1.165) is 10.6 Å². The fraction of sp³-hybridized carbons (Fsp3) is 0.722. The molecule has 2 fully saturated rings. The lowest BCUT2D eigenvalue weighted by atomic mass is 9.93. The fourth-order valence-electron chi connectivity index (χ4n) is 3.49. The number of fused-ring (bicyclic) bond motifs is 1. The van der Waals surface area contributed by atoms with E-state index in [1.807, 2.05) is 0 Å². The van der Waals surface area contributed by atoms with E-state index >= 15 is 0 Å². The first kappa shape index (κ1) is 24.8. The molecule has 180 valence electrons. The van der Waals surface area contributed by atoms with E-state index in [2.05, 4.69) is 4.98 Å². The summed E-state index contributed by atoms with van der Waals surface area (Å²) in [6, 6.07) is 1.16. The molecule has 0 radical (unpaired) electrons. The third-order valence-electron chi connectivity index (χ3n) is 5.04. The van der Waals surface area contributed by atoms with Crippen molar-refractivity contribution < 1.29 is 37.1 Å². The number of ether oxygens (including phenoxy) is 3. The number of carbonyl (C=O) groups is 1. The minimum absolute atomic E-state index is 0.115. The first-order chi connectivity index (χ1) is 14.9. The highest BCUT2D eigenvalue weighted by Crippen LogP contribution is 2.58. The lowest BCUT2D eigenvalue weighted by Gasteiger charge is -2.36. The fourth-order valence-corrected chi connectivity index (χ4v) is 5.01. The maximum Gasteiger partial charge on any atom is 0.475 e. The van der Waals surface area contributed by atoms with Crippen molar-refractivity contribution in [3.8, 4) is 0 Å². The molecule has 0 saturated carbocycles. The number of phosphoric ester groups is 1. The molecular formula is C18H28N3O10P. The van der Waals surface area contributed by atoms with Crippen molar-refractivity contribution in [1.82, 2.24) is 9.55 Å². The minimum atomic E-state index is -4.08. The summed E-state index contributed by atoms with van der Waals surface area (Å²) in [4.78, 5) is 37.5. The zero-order valence-electron chi connectivity index (χ0n) is 18.2. The van der Waals surface area contributed by atoms with Gasteiger partial charge in [0.15, 0.2) is 6.23 Å². The molecule has 3 rings (SSSR count). The Morgan fingerprint density at radius 1 is 1.44 bits per heavy atom. The number of nitrogens with zero attached hydrogens (tertiary/aromatic N) is 1. The van der Waals surface area contributed by atoms with Crippen LogP contribution in [-0.2, 0) is 37.1 Å². The van der Waals surface area contributed by atoms with Crippen molar-refractivity contribution in [2.75, 3.05) is 20.3 Å². The average Bonchev–Trinajstić information content (AvgIpc) is 2.95. The topological polar surface area (TPSA) is 170 Å². The van der Waals surface area contributed by atoms with Gasteiger partial charge in [-0.2, -0.15) is 0 Å². The second-order valence-corrected chi connectivity index (χ2v) is 9.70. The number of rotatable bonds is 8. The lowest BCUT2D eigenvalue weighted by molar-refractivity contribution is -0.151. The van der Waals surface area contributed by atoms with Gasteiger partial charge in [0, 0.05) is 19.4 Å². The third-order valence-corrected chi connectivity index (χ3v) is 6.46. The predicted molar refractivity (Wildman–Crippen MR) is 109 cm³/mol. The smallest absolute Gasteiger partial charge is 0.463 e. The molecule has 32 heavy (non-hydrogen) atoms. The van der Waals surface area contributed by atoms with E-state index in [1.165, 1.54) is 13.3 Å². The van der Waals surface area contributed by atoms with Crippen LogP contribution >= 0.6 is 7.82 Å². The van der Waals surface area contributed by atoms with Gasteiger partial charge in [-0.05, 0) is 20.8 Å². The summed E-state index contributed by atoms with van der Waals surface area (Å²) in [6.45, 7) is 4.57. The van der Waals surface area contributed by atoms with Gasteiger partial charge < -0.3 is 19.9 Å². The number of aromatic nitrogens is 2. The van der Waals surface area contributed by atoms with Crippen molar-refractivity contribution in [1.29, 1.82) is 0 Å². The summed E-state index contributed by atoms with van der Waals surface area (Å²) in [5.74, 6) is -0.493. The molecule has 0 unspecified atom stereocenters. The normalized spacial score (nSPS) is 33.1. The molecule has 3 N–H and O–H groups in total. The van der Waals surface area contributed by atoms with Crippen LogP contribution < -0.4 is 17.0 Å². The van der Waals surface area contributed by atoms with Gasteiger partial charge in [-0.25, -0.2) is 9.36 Å². The zero-order chi connectivity index (χ0) is 23.7. The molecule has 0 bridgehead atoms. The monoisotopic (exact) mass is 477 g/mol. The SMILES string of the molecule is CO[C@@H](CO[P@@]1(=O)OC[C@H]2O[C@@H](n3ccc(=O)[nH]c3=O)[C@](C)(N)[C@@H]2O1)CC(=O)OC(C)C. The Balaban J connectivity index is 1.68. The number of hydrogen-bond donors (Lipinski definition) is 2. The number of phosphoric acid groups is 1. The van der Waals surface area contributed by atoms with Gasteiger partial charge in [0.1, 0.15) is 12.2 Å². The van der Waals surface area contributed by atoms with Crippen LogP contribution in [0.4, 0.5) is 0 Å². The maximum atomic E-state index is 13.0. The van der Waals surface area contributed by atoms with E-state index in [1.54, 1.807) is 20.8 Å². The second kappa shape index (κ2) is 9.56. The van der Waals surface area contributed by atoms with Gasteiger partial charge >= 0.3 is 19.5 Å². The molecule has 2 aliphatic rings. The Labute approximate surface area is 183 Å². The number of H-pyrrole nitrogens is 1. The van der Waals surface area contributed by atoms with Crippen molar-refractivity contribution in [2.24, 2.45) is 5.73 Å². The van der Waals surface area contributed by atoms with Crippen LogP contribution in [0.3, 0.4) is 0 Å². The molecule has 3 heterocycles. The Kier molecular flexibility index (Phi) is 7.40. The summed E-state index contributed by atoms with van der Waals surface area (Å²) in [5.41, 5.74) is 3.81. The van der Waals surface area contributed by atoms with Crippen molar-refractivity contribution in [3.05, 3.63) is 33.1 Å². The van der Waals surface area contributed by atoms with Crippen LogP contribution in [0.1, 0.15) is 33.4 Å². The molecule has 2 saturated heterocycles. The Hall–Kier alpha value is -1.86. The number of hydrogen-bond acceptors (Lipinski definition) is 11. The summed E-state index contributed by atoms with van der Waals surface area (Å²) in [6.07, 6.45) is -2.59. The molecule has 0 aliphatic carbocycles. The molecule has 13 nitrogen and oxygen atoms in total. The van der Waals surface area contributed by atoms with Gasteiger partial charge in [0.25, 0.3) is 5.56 Å². The van der Waals surface area contributed by atoms with Gasteiger partial charge in [0.2, 0.25) is 0 Å². The van der Waals surface area contributed by atoms with Crippen LogP contribution in [0.5, 0.6) is 0 Å². The number of methoxy groups -OCH3 is 1. The number of carbonyl (C=O) groups excluding carboxylic acids is 1. The molecule has 6 atom stereocenters. The van der Waals surface area contributed by atoms with E-state index in [4.69, 9.17) is 33.5 Å². The van der Waals surface area contributed by atoms with Crippen LogP contribution in [0, 0.1) is 0 Å². The molecule has 0 spiro atoms. The molecule has 14 heteroatoms. The Morgan fingerprint density at radius 2 is 2.16 bits per heavy atom. The standard InChI is InChI=1S/C18H28N3O10P/c1-10(2)29-14(23)7-11(26-4)8-27-32(25)28-9-12-15(31-32)18(3,19)16(30-12)21-6-5-13(22)20-17(21)24/h5-6,10-12,15-16H,7-9,19H2,1-4H3,(H,20,22,24)/t11-,12-,15-,16-,18-,32+/m1/s1. The number of esters is 1. The predicted octanol–water partition coefficient (Wildman–Crippen LogP) is 0.0482. The van der Waals surface area contributed by atoms with Gasteiger partial charge in [-0.1, -0.05) is 0 Å². The lowest BCUT2D eigenvalue weighted by Crippen LogP contribution is -2.55. The highest BCUT2D eigenvalue weighted by Gasteiger charge is 2.59. The van der Waals surface area contributed by atoms with E-state index in [9.17, 15) is 18.9 Å². The molecule has 1 aromatic heterocycles. The number of aromatic amines is 1. The van der Waals surface area contributed by atoms with Gasteiger partial charge in [0.05, 0.1) is 37.4 Å². The largest absolute Gasteiger partial charge is 0.475 e. The van der Waals surface area contributed by atoms with E-state index in [0.29, 0.717) is 0 Å². The van der Waals surface area contributed by atoms with Gasteiger partial charge in [-0.15, -0.1) is 0 Å². The Morgan fingerprint density at radius 3 is 2.78 bits per heavy atom. The van der Waals surface area contributed by atoms with Crippen molar-refractivity contribution >= 4 is 13.8 Å². The zero-order valence-corrected chi connectivity index (χ0v) is 19.1. The molecule has 0 aromatic carbocycles. The average molecular weight is 477 g/mol. The quantitative estimate of drug-likeness (QED) is 0.383. The molecule has 1 aromatic rings.